The Bertz CT molecular complexity index is 175. The number of hydrogen-bond donors (Lipinski definition) is 2. The number of piperidine rings is 1. The Balaban J connectivity index is 2.49. The van der Waals surface area contributed by atoms with Crippen LogP contribution in [-0.4, -0.2) is 47.0 Å². The average Bonchev–Trinajstić information content (AvgIpc) is 2.13. The molecule has 0 aromatic carbocycles. The molecule has 0 radical (unpaired) electrons. The molecular weight excluding hydrogens is 178 g/mol. The lowest BCUT2D eigenvalue weighted by Crippen LogP contribution is -2.49. The zero-order valence-corrected chi connectivity index (χ0v) is 9.48. The standard InChI is InChI=1S/C11H23NO2/c1-8-4-9(2)10(3)12(5-8)6-11(14)7-13/h8-11,13-14H,4-7H2,1-3H3. The van der Waals surface area contributed by atoms with Crippen molar-refractivity contribution in [2.24, 2.45) is 11.8 Å². The second-order valence-electron chi connectivity index (χ2n) is 4.85. The summed E-state index contributed by atoms with van der Waals surface area (Å²) < 4.78 is 0. The van der Waals surface area contributed by atoms with E-state index in [0.29, 0.717) is 24.4 Å². The van der Waals surface area contributed by atoms with Crippen molar-refractivity contribution in [3.8, 4) is 0 Å². The molecule has 1 heterocycles. The molecule has 0 amide bonds. The van der Waals surface area contributed by atoms with Gasteiger partial charge in [0.2, 0.25) is 0 Å². The summed E-state index contributed by atoms with van der Waals surface area (Å²) >= 11 is 0. The van der Waals surface area contributed by atoms with Crippen LogP contribution < -0.4 is 0 Å². The van der Waals surface area contributed by atoms with Gasteiger partial charge < -0.3 is 10.2 Å². The summed E-state index contributed by atoms with van der Waals surface area (Å²) in [6, 6.07) is 0.521. The molecule has 1 aliphatic heterocycles. The zero-order valence-electron chi connectivity index (χ0n) is 9.48. The minimum absolute atomic E-state index is 0.133. The van der Waals surface area contributed by atoms with Crippen molar-refractivity contribution in [1.29, 1.82) is 0 Å². The highest BCUT2D eigenvalue weighted by atomic mass is 16.3. The van der Waals surface area contributed by atoms with E-state index in [4.69, 9.17) is 5.11 Å². The molecule has 1 rings (SSSR count). The Labute approximate surface area is 86.7 Å². The first-order chi connectivity index (χ1) is 6.54. The maximum atomic E-state index is 9.41. The number of rotatable bonds is 3. The average molecular weight is 201 g/mol. The Kier molecular flexibility index (Phi) is 4.35. The maximum Gasteiger partial charge on any atom is 0.0897 e. The van der Waals surface area contributed by atoms with Crippen LogP contribution in [-0.2, 0) is 0 Å². The number of nitrogens with zero attached hydrogens (tertiary/aromatic N) is 1. The smallest absolute Gasteiger partial charge is 0.0897 e. The van der Waals surface area contributed by atoms with Gasteiger partial charge in [0.25, 0.3) is 0 Å². The first-order valence-corrected chi connectivity index (χ1v) is 5.57. The van der Waals surface area contributed by atoms with Crippen LogP contribution in [0.25, 0.3) is 0 Å². The molecule has 0 spiro atoms. The van der Waals surface area contributed by atoms with Crippen LogP contribution in [0.4, 0.5) is 0 Å². The van der Waals surface area contributed by atoms with Gasteiger partial charge in [-0.25, -0.2) is 0 Å². The lowest BCUT2D eigenvalue weighted by atomic mass is 9.86. The molecule has 0 saturated carbocycles. The van der Waals surface area contributed by atoms with Crippen molar-refractivity contribution in [2.75, 3.05) is 19.7 Å². The van der Waals surface area contributed by atoms with E-state index in [1.54, 1.807) is 0 Å². The van der Waals surface area contributed by atoms with Crippen LogP contribution in [0.3, 0.4) is 0 Å². The molecule has 84 valence electrons. The molecule has 4 unspecified atom stereocenters. The molecule has 3 heteroatoms. The van der Waals surface area contributed by atoms with Crippen LogP contribution in [0, 0.1) is 11.8 Å². The number of aliphatic hydroxyl groups is 2. The van der Waals surface area contributed by atoms with E-state index in [1.807, 2.05) is 0 Å². The fraction of sp³-hybridized carbons (Fsp3) is 1.00. The summed E-state index contributed by atoms with van der Waals surface area (Å²) in [6.45, 7) is 8.24. The van der Waals surface area contributed by atoms with Crippen LogP contribution >= 0.6 is 0 Å². The van der Waals surface area contributed by atoms with Crippen molar-refractivity contribution in [3.05, 3.63) is 0 Å². The summed E-state index contributed by atoms with van der Waals surface area (Å²) in [5, 5.41) is 18.2. The quantitative estimate of drug-likeness (QED) is 0.706. The van der Waals surface area contributed by atoms with Gasteiger partial charge in [-0.1, -0.05) is 13.8 Å². The topological polar surface area (TPSA) is 43.7 Å². The zero-order chi connectivity index (χ0) is 10.7. The lowest BCUT2D eigenvalue weighted by molar-refractivity contribution is 0.0103. The van der Waals surface area contributed by atoms with Gasteiger partial charge in [0.15, 0.2) is 0 Å². The Hall–Kier alpha value is -0.120. The first kappa shape index (κ1) is 12.0. The fourth-order valence-electron chi connectivity index (χ4n) is 2.40. The van der Waals surface area contributed by atoms with E-state index < -0.39 is 6.10 Å². The van der Waals surface area contributed by atoms with Crippen LogP contribution in [0.5, 0.6) is 0 Å². The summed E-state index contributed by atoms with van der Waals surface area (Å²) in [7, 11) is 0. The largest absolute Gasteiger partial charge is 0.394 e. The molecule has 0 aromatic heterocycles. The van der Waals surface area contributed by atoms with Gasteiger partial charge in [0, 0.05) is 19.1 Å². The third-order valence-electron chi connectivity index (χ3n) is 3.38. The highest BCUT2D eigenvalue weighted by Crippen LogP contribution is 2.26. The Morgan fingerprint density at radius 2 is 2.00 bits per heavy atom. The van der Waals surface area contributed by atoms with Gasteiger partial charge >= 0.3 is 0 Å². The third kappa shape index (κ3) is 2.94. The molecule has 14 heavy (non-hydrogen) atoms. The van der Waals surface area contributed by atoms with Crippen molar-refractivity contribution in [2.45, 2.75) is 39.3 Å². The van der Waals surface area contributed by atoms with Gasteiger partial charge in [-0.05, 0) is 25.2 Å². The molecule has 0 bridgehead atoms. The summed E-state index contributed by atoms with van der Waals surface area (Å²) in [4.78, 5) is 2.29. The lowest BCUT2D eigenvalue weighted by Gasteiger charge is -2.41. The third-order valence-corrected chi connectivity index (χ3v) is 3.38. The highest BCUT2D eigenvalue weighted by molar-refractivity contribution is 4.83. The van der Waals surface area contributed by atoms with Crippen molar-refractivity contribution < 1.29 is 10.2 Å². The summed E-state index contributed by atoms with van der Waals surface area (Å²) in [5.41, 5.74) is 0. The minimum atomic E-state index is -0.588. The normalized spacial score (nSPS) is 37.1. The monoisotopic (exact) mass is 201 g/mol. The maximum absolute atomic E-state index is 9.41. The molecule has 3 nitrogen and oxygen atoms in total. The van der Waals surface area contributed by atoms with Crippen LogP contribution in [0.2, 0.25) is 0 Å². The second kappa shape index (κ2) is 5.10. The second-order valence-corrected chi connectivity index (χ2v) is 4.85. The summed E-state index contributed by atoms with van der Waals surface area (Å²) in [6.07, 6.45) is 0.683. The van der Waals surface area contributed by atoms with E-state index >= 15 is 0 Å². The molecule has 1 fully saturated rings. The number of β-amino-alcohol motifs (C(OH)–C–C–N with tert-alkyl or cyclic N) is 1. The molecule has 2 N–H and O–H groups in total. The van der Waals surface area contributed by atoms with Crippen molar-refractivity contribution in [3.63, 3.8) is 0 Å². The molecule has 1 saturated heterocycles. The minimum Gasteiger partial charge on any atom is -0.394 e. The number of aliphatic hydroxyl groups excluding tert-OH is 2. The Morgan fingerprint density at radius 3 is 2.57 bits per heavy atom. The van der Waals surface area contributed by atoms with Gasteiger partial charge in [0.05, 0.1) is 12.7 Å². The van der Waals surface area contributed by atoms with E-state index in [1.165, 1.54) is 6.42 Å². The highest BCUT2D eigenvalue weighted by Gasteiger charge is 2.29. The van der Waals surface area contributed by atoms with Gasteiger partial charge in [-0.3, -0.25) is 4.90 Å². The SMILES string of the molecule is CC1CC(C)C(C)N(CC(O)CO)C1. The molecule has 0 aliphatic carbocycles. The predicted octanol–water partition coefficient (Wildman–Crippen LogP) is 0.706. The molecular formula is C11H23NO2. The van der Waals surface area contributed by atoms with E-state index in [0.717, 1.165) is 6.54 Å². The van der Waals surface area contributed by atoms with Crippen LogP contribution in [0.1, 0.15) is 27.2 Å². The summed E-state index contributed by atoms with van der Waals surface area (Å²) in [5.74, 6) is 1.39. The van der Waals surface area contributed by atoms with E-state index in [9.17, 15) is 5.11 Å². The van der Waals surface area contributed by atoms with E-state index in [-0.39, 0.29) is 6.61 Å². The van der Waals surface area contributed by atoms with Gasteiger partial charge in [0.1, 0.15) is 0 Å². The number of likely N-dealkylation sites (tertiary alicyclic amines) is 1. The number of hydrogen-bond acceptors (Lipinski definition) is 3. The first-order valence-electron chi connectivity index (χ1n) is 5.57. The molecule has 1 aliphatic rings. The predicted molar refractivity (Wildman–Crippen MR) is 57.1 cm³/mol. The van der Waals surface area contributed by atoms with Crippen molar-refractivity contribution >= 4 is 0 Å². The molecule has 4 atom stereocenters. The van der Waals surface area contributed by atoms with E-state index in [2.05, 4.69) is 25.7 Å². The fourth-order valence-corrected chi connectivity index (χ4v) is 2.40. The molecule has 0 aromatic rings. The van der Waals surface area contributed by atoms with Crippen LogP contribution in [0.15, 0.2) is 0 Å². The van der Waals surface area contributed by atoms with Gasteiger partial charge in [-0.2, -0.15) is 0 Å². The van der Waals surface area contributed by atoms with Crippen molar-refractivity contribution in [1.82, 2.24) is 4.90 Å². The van der Waals surface area contributed by atoms with Gasteiger partial charge in [-0.15, -0.1) is 0 Å². The Morgan fingerprint density at radius 1 is 1.36 bits per heavy atom.